The van der Waals surface area contributed by atoms with Crippen LogP contribution in [-0.4, -0.2) is 19.2 Å². The summed E-state index contributed by atoms with van der Waals surface area (Å²) in [6.07, 6.45) is 0.548. The van der Waals surface area contributed by atoms with E-state index in [4.69, 9.17) is 21.1 Å². The summed E-state index contributed by atoms with van der Waals surface area (Å²) < 4.78 is 50.8. The van der Waals surface area contributed by atoms with Gasteiger partial charge in [0, 0.05) is 5.56 Å². The topological polar surface area (TPSA) is 35.5 Å². The summed E-state index contributed by atoms with van der Waals surface area (Å²) in [6, 6.07) is 8.44. The summed E-state index contributed by atoms with van der Waals surface area (Å²) in [5.41, 5.74) is 1.06. The van der Waals surface area contributed by atoms with Crippen molar-refractivity contribution in [3.63, 3.8) is 0 Å². The Morgan fingerprint density at radius 3 is 2.21 bits per heavy atom. The number of ether oxygens (including phenoxy) is 2. The highest BCUT2D eigenvalue weighted by molar-refractivity contribution is 6.33. The van der Waals surface area contributed by atoms with E-state index in [-0.39, 0.29) is 11.9 Å². The quantitative estimate of drug-likeness (QED) is 0.315. The predicted octanol–water partition coefficient (Wildman–Crippen LogP) is 7.90. The second-order valence-corrected chi connectivity index (χ2v) is 10.4. The van der Waals surface area contributed by atoms with Crippen LogP contribution in [0.25, 0.3) is 11.1 Å². The van der Waals surface area contributed by atoms with Crippen LogP contribution >= 0.6 is 11.6 Å². The molecule has 0 N–H and O–H groups in total. The molecule has 2 fully saturated rings. The van der Waals surface area contributed by atoms with E-state index < -0.39 is 17.7 Å². The van der Waals surface area contributed by atoms with Crippen LogP contribution in [-0.2, 0) is 15.7 Å². The van der Waals surface area contributed by atoms with Gasteiger partial charge in [0.2, 0.25) is 0 Å². The zero-order valence-electron chi connectivity index (χ0n) is 19.5. The third-order valence-electron chi connectivity index (χ3n) is 6.30. The first kappa shape index (κ1) is 24.9. The number of halogens is 4. The van der Waals surface area contributed by atoms with Gasteiger partial charge in [-0.1, -0.05) is 37.6 Å². The van der Waals surface area contributed by atoms with Crippen molar-refractivity contribution in [2.75, 3.05) is 13.2 Å². The molecule has 184 valence electrons. The molecule has 0 spiro atoms. The fourth-order valence-electron chi connectivity index (χ4n) is 3.94. The van der Waals surface area contributed by atoms with Gasteiger partial charge < -0.3 is 9.47 Å². The van der Waals surface area contributed by atoms with Crippen LogP contribution in [0.4, 0.5) is 13.2 Å². The molecule has 2 aromatic carbocycles. The molecule has 1 unspecified atom stereocenters. The minimum atomic E-state index is -4.41. The van der Waals surface area contributed by atoms with Crippen LogP contribution in [0.3, 0.4) is 0 Å². The summed E-state index contributed by atoms with van der Waals surface area (Å²) in [7, 11) is 0. The molecule has 4 rings (SSSR count). The highest BCUT2D eigenvalue weighted by atomic mass is 35.5. The second-order valence-electron chi connectivity index (χ2n) is 9.96. The summed E-state index contributed by atoms with van der Waals surface area (Å²) in [5.74, 6) is 0.915. The molecule has 2 aromatic rings. The zero-order chi connectivity index (χ0) is 24.5. The van der Waals surface area contributed by atoms with Crippen molar-refractivity contribution in [3.8, 4) is 16.9 Å². The lowest BCUT2D eigenvalue weighted by molar-refractivity contribution is -0.146. The van der Waals surface area contributed by atoms with Crippen LogP contribution < -0.4 is 4.74 Å². The molecule has 7 heteroatoms. The van der Waals surface area contributed by atoms with E-state index in [1.807, 2.05) is 19.9 Å². The lowest BCUT2D eigenvalue weighted by atomic mass is 9.88. The van der Waals surface area contributed by atoms with Crippen LogP contribution in [0.5, 0.6) is 5.75 Å². The highest BCUT2D eigenvalue weighted by Crippen LogP contribution is 2.43. The van der Waals surface area contributed by atoms with Crippen molar-refractivity contribution in [1.82, 2.24) is 0 Å². The van der Waals surface area contributed by atoms with Gasteiger partial charge >= 0.3 is 12.1 Å². The Morgan fingerprint density at radius 2 is 1.65 bits per heavy atom. The summed E-state index contributed by atoms with van der Waals surface area (Å²) >= 11 is 6.70. The summed E-state index contributed by atoms with van der Waals surface area (Å²) in [4.78, 5) is 13.0. The monoisotopic (exact) mass is 494 g/mol. The Morgan fingerprint density at radius 1 is 1.03 bits per heavy atom. The maximum Gasteiger partial charge on any atom is 0.416 e. The maximum atomic E-state index is 13.0. The Bertz CT molecular complexity index is 1010. The van der Waals surface area contributed by atoms with Gasteiger partial charge in [-0.25, -0.2) is 0 Å². The number of hydrogen-bond donors (Lipinski definition) is 0. The van der Waals surface area contributed by atoms with Gasteiger partial charge in [0.25, 0.3) is 0 Å². The third kappa shape index (κ3) is 6.47. The fraction of sp³-hybridized carbons (Fsp3) is 0.519. The molecule has 2 aliphatic carbocycles. The SMILES string of the molecule is CC(C)CC(C(=O)OCC1CC1)c1cc(Cl)c(-c2ccc(C(F)(F)F)cc2)c(OCC2CC2)c1. The van der Waals surface area contributed by atoms with E-state index >= 15 is 0 Å². The predicted molar refractivity (Wildman–Crippen MR) is 126 cm³/mol. The molecular weight excluding hydrogens is 465 g/mol. The molecular formula is C27H30ClF3O3. The minimum Gasteiger partial charge on any atom is -0.493 e. The van der Waals surface area contributed by atoms with E-state index in [0.29, 0.717) is 58.9 Å². The zero-order valence-corrected chi connectivity index (χ0v) is 20.2. The van der Waals surface area contributed by atoms with Crippen molar-refractivity contribution in [3.05, 3.63) is 52.5 Å². The van der Waals surface area contributed by atoms with Gasteiger partial charge in [0.1, 0.15) is 5.75 Å². The lowest BCUT2D eigenvalue weighted by Gasteiger charge is -2.22. The van der Waals surface area contributed by atoms with Crippen LogP contribution in [0.15, 0.2) is 36.4 Å². The number of carbonyl (C=O) groups excluding carboxylic acids is 1. The summed E-state index contributed by atoms with van der Waals surface area (Å²) in [6.45, 7) is 5.04. The first-order chi connectivity index (χ1) is 16.1. The third-order valence-corrected chi connectivity index (χ3v) is 6.60. The number of hydrogen-bond acceptors (Lipinski definition) is 3. The van der Waals surface area contributed by atoms with E-state index in [0.717, 1.165) is 37.8 Å². The maximum absolute atomic E-state index is 13.0. The van der Waals surface area contributed by atoms with Crippen molar-refractivity contribution in [2.24, 2.45) is 17.8 Å². The van der Waals surface area contributed by atoms with E-state index in [1.165, 1.54) is 12.1 Å². The number of esters is 1. The van der Waals surface area contributed by atoms with Crippen molar-refractivity contribution in [2.45, 2.75) is 58.0 Å². The van der Waals surface area contributed by atoms with Gasteiger partial charge in [0.05, 0.1) is 29.7 Å². The van der Waals surface area contributed by atoms with E-state index in [2.05, 4.69) is 0 Å². The van der Waals surface area contributed by atoms with Crippen molar-refractivity contribution in [1.29, 1.82) is 0 Å². The molecule has 3 nitrogen and oxygen atoms in total. The van der Waals surface area contributed by atoms with Crippen LogP contribution in [0.2, 0.25) is 5.02 Å². The van der Waals surface area contributed by atoms with Crippen LogP contribution in [0, 0.1) is 17.8 Å². The molecule has 0 bridgehead atoms. The second kappa shape index (κ2) is 10.2. The molecule has 2 aliphatic rings. The molecule has 0 saturated heterocycles. The molecule has 0 radical (unpaired) electrons. The fourth-order valence-corrected chi connectivity index (χ4v) is 4.27. The average molecular weight is 495 g/mol. The first-order valence-electron chi connectivity index (χ1n) is 11.9. The first-order valence-corrected chi connectivity index (χ1v) is 12.3. The number of carbonyl (C=O) groups is 1. The van der Waals surface area contributed by atoms with Gasteiger partial charge in [0.15, 0.2) is 0 Å². The molecule has 0 amide bonds. The van der Waals surface area contributed by atoms with Gasteiger partial charge in [-0.05, 0) is 85.3 Å². The number of rotatable bonds is 10. The smallest absolute Gasteiger partial charge is 0.416 e. The van der Waals surface area contributed by atoms with E-state index in [1.54, 1.807) is 6.07 Å². The lowest BCUT2D eigenvalue weighted by Crippen LogP contribution is -2.19. The van der Waals surface area contributed by atoms with Gasteiger partial charge in [-0.15, -0.1) is 0 Å². The molecule has 2 saturated carbocycles. The molecule has 0 heterocycles. The largest absolute Gasteiger partial charge is 0.493 e. The van der Waals surface area contributed by atoms with Crippen molar-refractivity contribution >= 4 is 17.6 Å². The normalized spacial score (nSPS) is 17.0. The Kier molecular flexibility index (Phi) is 7.46. The highest BCUT2D eigenvalue weighted by Gasteiger charge is 2.32. The molecule has 0 aromatic heterocycles. The summed E-state index contributed by atoms with van der Waals surface area (Å²) in [5, 5.41) is 0.340. The average Bonchev–Trinajstić information content (AvgIpc) is 3.68. The molecule has 0 aliphatic heterocycles. The molecule has 34 heavy (non-hydrogen) atoms. The molecule has 1 atom stereocenters. The Labute approximate surface area is 203 Å². The number of benzene rings is 2. The number of alkyl halides is 3. The van der Waals surface area contributed by atoms with Crippen LogP contribution in [0.1, 0.15) is 63.0 Å². The Hall–Kier alpha value is -2.21. The Balaban J connectivity index is 1.68. The minimum absolute atomic E-state index is 0.252. The van der Waals surface area contributed by atoms with Gasteiger partial charge in [-0.2, -0.15) is 13.2 Å². The van der Waals surface area contributed by atoms with Crippen molar-refractivity contribution < 1.29 is 27.4 Å². The van der Waals surface area contributed by atoms with E-state index in [9.17, 15) is 18.0 Å². The standard InChI is InChI=1S/C27H30ClF3O3/c1-16(2)11-22(26(32)34-15-18-5-6-18)20-12-23(28)25(24(13-20)33-14-17-3-4-17)19-7-9-21(10-8-19)27(29,30)31/h7-10,12-13,16-18,22H,3-6,11,14-15H2,1-2H3. The van der Waals surface area contributed by atoms with Gasteiger partial charge in [-0.3, -0.25) is 4.79 Å².